The van der Waals surface area contributed by atoms with Crippen molar-refractivity contribution in [1.82, 2.24) is 14.9 Å². The number of para-hydroxylation sites is 2. The third kappa shape index (κ3) is 3.93. The number of benzene rings is 1. The lowest BCUT2D eigenvalue weighted by Crippen LogP contribution is -2.37. The number of ether oxygens (including phenoxy) is 1. The normalized spacial score (nSPS) is 16.1. The third-order valence-electron chi connectivity index (χ3n) is 5.20. The van der Waals surface area contributed by atoms with Crippen LogP contribution in [0.2, 0.25) is 0 Å². The summed E-state index contributed by atoms with van der Waals surface area (Å²) in [5.41, 5.74) is 2.55. The minimum Gasteiger partial charge on any atom is -0.378 e. The van der Waals surface area contributed by atoms with E-state index in [1.165, 1.54) is 6.92 Å². The molecular formula is C21H26N6O3. The summed E-state index contributed by atoms with van der Waals surface area (Å²) in [4.78, 5) is 37.8. The van der Waals surface area contributed by atoms with Crippen LogP contribution in [0.3, 0.4) is 0 Å². The SMILES string of the molecule is CC(=O)Nc1ccccc1Nc1nc(N2CCOCC2)nc2c1CN(C(C)C)C2=O. The lowest BCUT2D eigenvalue weighted by molar-refractivity contribution is -0.114. The number of nitrogens with zero attached hydrogens (tertiary/aromatic N) is 4. The molecule has 3 heterocycles. The number of fused-ring (bicyclic) bond motifs is 1. The summed E-state index contributed by atoms with van der Waals surface area (Å²) in [5, 5.41) is 6.16. The zero-order chi connectivity index (χ0) is 21.3. The topological polar surface area (TPSA) is 99.7 Å². The number of rotatable bonds is 5. The quantitative estimate of drug-likeness (QED) is 0.781. The van der Waals surface area contributed by atoms with Gasteiger partial charge in [-0.25, -0.2) is 4.98 Å². The molecule has 0 atom stereocenters. The Balaban J connectivity index is 1.76. The van der Waals surface area contributed by atoms with Gasteiger partial charge in [-0.2, -0.15) is 4.98 Å². The number of hydrogen-bond donors (Lipinski definition) is 2. The van der Waals surface area contributed by atoms with Gasteiger partial charge in [-0.3, -0.25) is 9.59 Å². The van der Waals surface area contributed by atoms with Crippen LogP contribution in [-0.2, 0) is 16.1 Å². The monoisotopic (exact) mass is 410 g/mol. The first kappa shape index (κ1) is 20.1. The van der Waals surface area contributed by atoms with Crippen molar-refractivity contribution in [2.24, 2.45) is 0 Å². The molecule has 0 unspecified atom stereocenters. The zero-order valence-corrected chi connectivity index (χ0v) is 17.4. The number of carbonyl (C=O) groups excluding carboxylic acids is 2. The van der Waals surface area contributed by atoms with Crippen LogP contribution in [0.5, 0.6) is 0 Å². The minimum atomic E-state index is -0.160. The lowest BCUT2D eigenvalue weighted by Gasteiger charge is -2.27. The van der Waals surface area contributed by atoms with Gasteiger partial charge in [0.05, 0.1) is 31.1 Å². The van der Waals surface area contributed by atoms with Gasteiger partial charge in [-0.15, -0.1) is 0 Å². The van der Waals surface area contributed by atoms with Crippen molar-refractivity contribution in [3.05, 3.63) is 35.5 Å². The summed E-state index contributed by atoms with van der Waals surface area (Å²) in [6, 6.07) is 7.47. The van der Waals surface area contributed by atoms with E-state index in [-0.39, 0.29) is 17.9 Å². The number of aromatic nitrogens is 2. The maximum Gasteiger partial charge on any atom is 0.273 e. The van der Waals surface area contributed by atoms with Gasteiger partial charge in [0.25, 0.3) is 5.91 Å². The zero-order valence-electron chi connectivity index (χ0n) is 17.4. The van der Waals surface area contributed by atoms with Crippen molar-refractivity contribution >= 4 is 35.0 Å². The fourth-order valence-corrected chi connectivity index (χ4v) is 3.62. The smallest absolute Gasteiger partial charge is 0.273 e. The van der Waals surface area contributed by atoms with Crippen molar-refractivity contribution in [1.29, 1.82) is 0 Å². The highest BCUT2D eigenvalue weighted by Gasteiger charge is 2.35. The molecule has 2 aromatic rings. The average molecular weight is 410 g/mol. The van der Waals surface area contributed by atoms with Gasteiger partial charge >= 0.3 is 0 Å². The first-order valence-electron chi connectivity index (χ1n) is 10.1. The molecule has 1 fully saturated rings. The van der Waals surface area contributed by atoms with Crippen molar-refractivity contribution in [2.75, 3.05) is 41.8 Å². The van der Waals surface area contributed by atoms with Gasteiger partial charge in [0.2, 0.25) is 11.9 Å². The molecule has 0 aliphatic carbocycles. The number of hydrogen-bond acceptors (Lipinski definition) is 7. The van der Waals surface area contributed by atoms with E-state index in [0.717, 1.165) is 5.56 Å². The second-order valence-corrected chi connectivity index (χ2v) is 7.68. The predicted octanol–water partition coefficient (Wildman–Crippen LogP) is 2.38. The molecule has 2 amide bonds. The highest BCUT2D eigenvalue weighted by atomic mass is 16.5. The van der Waals surface area contributed by atoms with E-state index >= 15 is 0 Å². The number of nitrogens with one attached hydrogen (secondary N) is 2. The Morgan fingerprint density at radius 3 is 2.50 bits per heavy atom. The molecule has 1 aromatic carbocycles. The van der Waals surface area contributed by atoms with Crippen molar-refractivity contribution in [3.63, 3.8) is 0 Å². The number of carbonyl (C=O) groups is 2. The average Bonchev–Trinajstić information content (AvgIpc) is 3.07. The van der Waals surface area contributed by atoms with Crippen molar-refractivity contribution < 1.29 is 14.3 Å². The van der Waals surface area contributed by atoms with E-state index < -0.39 is 0 Å². The molecule has 9 heteroatoms. The van der Waals surface area contributed by atoms with Crippen molar-refractivity contribution in [2.45, 2.75) is 33.4 Å². The van der Waals surface area contributed by atoms with E-state index in [2.05, 4.69) is 15.6 Å². The van der Waals surface area contributed by atoms with E-state index in [0.29, 0.717) is 61.7 Å². The Bertz CT molecular complexity index is 971. The number of amides is 2. The lowest BCUT2D eigenvalue weighted by atomic mass is 10.2. The molecule has 0 bridgehead atoms. The molecule has 9 nitrogen and oxygen atoms in total. The molecule has 30 heavy (non-hydrogen) atoms. The molecule has 158 valence electrons. The Hall–Kier alpha value is -3.20. The van der Waals surface area contributed by atoms with Crippen LogP contribution in [0.1, 0.15) is 36.8 Å². The van der Waals surface area contributed by atoms with Crippen molar-refractivity contribution in [3.8, 4) is 0 Å². The predicted molar refractivity (Wildman–Crippen MR) is 114 cm³/mol. The van der Waals surface area contributed by atoms with Crippen LogP contribution < -0.4 is 15.5 Å². The molecule has 4 rings (SSSR count). The van der Waals surface area contributed by atoms with Crippen LogP contribution in [0.25, 0.3) is 0 Å². The highest BCUT2D eigenvalue weighted by Crippen LogP contribution is 2.33. The molecule has 2 aliphatic heterocycles. The molecule has 0 spiro atoms. The Kier molecular flexibility index (Phi) is 5.54. The maximum atomic E-state index is 13.0. The Labute approximate surface area is 175 Å². The van der Waals surface area contributed by atoms with E-state index in [9.17, 15) is 9.59 Å². The van der Waals surface area contributed by atoms with E-state index in [4.69, 9.17) is 9.72 Å². The van der Waals surface area contributed by atoms with Gasteiger partial charge in [0, 0.05) is 31.6 Å². The molecule has 2 aliphatic rings. The molecule has 0 saturated carbocycles. The largest absolute Gasteiger partial charge is 0.378 e. The van der Waals surface area contributed by atoms with Gasteiger partial charge < -0.3 is 25.2 Å². The van der Waals surface area contributed by atoms with E-state index in [1.807, 2.05) is 43.0 Å². The van der Waals surface area contributed by atoms with Gasteiger partial charge in [-0.1, -0.05) is 12.1 Å². The van der Waals surface area contributed by atoms with Gasteiger partial charge in [-0.05, 0) is 26.0 Å². The van der Waals surface area contributed by atoms with E-state index in [1.54, 1.807) is 4.90 Å². The standard InChI is InChI=1S/C21H26N6O3/c1-13(2)27-12-15-18(20(27)29)24-21(26-8-10-30-11-9-26)25-19(15)23-17-7-5-4-6-16(17)22-14(3)28/h4-7,13H,8-12H2,1-3H3,(H,22,28)(H,23,24,25). The highest BCUT2D eigenvalue weighted by molar-refractivity contribution is 5.99. The first-order valence-corrected chi connectivity index (χ1v) is 10.1. The second-order valence-electron chi connectivity index (χ2n) is 7.68. The molecule has 2 N–H and O–H groups in total. The van der Waals surface area contributed by atoms with Crippen LogP contribution in [0.15, 0.2) is 24.3 Å². The fourth-order valence-electron chi connectivity index (χ4n) is 3.62. The van der Waals surface area contributed by atoms with Crippen LogP contribution in [-0.4, -0.2) is 59.0 Å². The number of morpholine rings is 1. The molecule has 1 saturated heterocycles. The van der Waals surface area contributed by atoms with Gasteiger partial charge in [0.1, 0.15) is 11.5 Å². The summed E-state index contributed by atoms with van der Waals surface area (Å²) in [6.07, 6.45) is 0. The molecule has 1 aromatic heterocycles. The Morgan fingerprint density at radius 2 is 1.83 bits per heavy atom. The van der Waals surface area contributed by atoms with Crippen LogP contribution >= 0.6 is 0 Å². The molecular weight excluding hydrogens is 384 g/mol. The summed E-state index contributed by atoms with van der Waals surface area (Å²) in [7, 11) is 0. The summed E-state index contributed by atoms with van der Waals surface area (Å²) in [6.45, 7) is 8.42. The summed E-state index contributed by atoms with van der Waals surface area (Å²) < 4.78 is 5.43. The van der Waals surface area contributed by atoms with Crippen LogP contribution in [0, 0.1) is 0 Å². The first-order chi connectivity index (χ1) is 14.4. The summed E-state index contributed by atoms with van der Waals surface area (Å²) >= 11 is 0. The van der Waals surface area contributed by atoms with Crippen LogP contribution in [0.4, 0.5) is 23.1 Å². The maximum absolute atomic E-state index is 13.0. The fraction of sp³-hybridized carbons (Fsp3) is 0.429. The minimum absolute atomic E-state index is 0.0538. The third-order valence-corrected chi connectivity index (χ3v) is 5.20. The molecule has 0 radical (unpaired) electrons. The number of anilines is 4. The second kappa shape index (κ2) is 8.27. The van der Waals surface area contributed by atoms with Gasteiger partial charge in [0.15, 0.2) is 0 Å². The Morgan fingerprint density at radius 1 is 1.13 bits per heavy atom. The summed E-state index contributed by atoms with van der Waals surface area (Å²) in [5.74, 6) is 0.841.